The second kappa shape index (κ2) is 4.94. The maximum Gasteiger partial charge on any atom is 0.106 e. The van der Waals surface area contributed by atoms with Crippen LogP contribution in [-0.2, 0) is 0 Å². The second-order valence-corrected chi connectivity index (χ2v) is 4.77. The first kappa shape index (κ1) is 10.9. The molecule has 0 bridgehead atoms. The van der Waals surface area contributed by atoms with E-state index in [0.29, 0.717) is 6.04 Å². The van der Waals surface area contributed by atoms with Crippen molar-refractivity contribution >= 4 is 21.6 Å². The number of nitrogens with one attached hydrogen (secondary N) is 2. The third-order valence-corrected chi connectivity index (χ3v) is 3.15. The molecule has 15 heavy (non-hydrogen) atoms. The van der Waals surface area contributed by atoms with Gasteiger partial charge < -0.3 is 10.6 Å². The van der Waals surface area contributed by atoms with Gasteiger partial charge in [0.05, 0.1) is 11.4 Å². The van der Waals surface area contributed by atoms with Crippen molar-refractivity contribution in [2.45, 2.75) is 25.8 Å². The predicted octanol–water partition coefficient (Wildman–Crippen LogP) is 2.32. The SMILES string of the molecule is Cc1nc(Br)ccc1NC1CCCNC1. The topological polar surface area (TPSA) is 37.0 Å². The van der Waals surface area contributed by atoms with Gasteiger partial charge in [0.1, 0.15) is 4.60 Å². The van der Waals surface area contributed by atoms with E-state index >= 15 is 0 Å². The number of aromatic nitrogens is 1. The van der Waals surface area contributed by atoms with E-state index in [1.165, 1.54) is 12.8 Å². The first-order valence-corrected chi connectivity index (χ1v) is 6.15. The van der Waals surface area contributed by atoms with Crippen LogP contribution < -0.4 is 10.6 Å². The zero-order valence-corrected chi connectivity index (χ0v) is 10.5. The van der Waals surface area contributed by atoms with E-state index in [1.54, 1.807) is 0 Å². The number of rotatable bonds is 2. The molecule has 0 radical (unpaired) electrons. The summed E-state index contributed by atoms with van der Waals surface area (Å²) in [4.78, 5) is 4.37. The molecule has 0 spiro atoms. The fraction of sp³-hybridized carbons (Fsp3) is 0.545. The molecule has 82 valence electrons. The van der Waals surface area contributed by atoms with Gasteiger partial charge in [-0.1, -0.05) is 0 Å². The maximum atomic E-state index is 4.37. The van der Waals surface area contributed by atoms with Crippen molar-refractivity contribution in [3.63, 3.8) is 0 Å². The summed E-state index contributed by atoms with van der Waals surface area (Å²) in [5, 5.41) is 6.92. The average Bonchev–Trinajstić information content (AvgIpc) is 2.24. The first-order valence-electron chi connectivity index (χ1n) is 5.36. The smallest absolute Gasteiger partial charge is 0.106 e. The standard InChI is InChI=1S/C11H16BrN3/c1-8-10(4-5-11(12)14-8)15-9-3-2-6-13-7-9/h4-5,9,13,15H,2-3,6-7H2,1H3. The quantitative estimate of drug-likeness (QED) is 0.810. The minimum atomic E-state index is 0.542. The minimum Gasteiger partial charge on any atom is -0.380 e. The van der Waals surface area contributed by atoms with Crippen LogP contribution in [-0.4, -0.2) is 24.1 Å². The molecule has 4 heteroatoms. The highest BCUT2D eigenvalue weighted by molar-refractivity contribution is 9.10. The fourth-order valence-corrected chi connectivity index (χ4v) is 2.28. The predicted molar refractivity (Wildman–Crippen MR) is 66.2 cm³/mol. The summed E-state index contributed by atoms with van der Waals surface area (Å²) in [5.41, 5.74) is 2.20. The summed E-state index contributed by atoms with van der Waals surface area (Å²) < 4.78 is 0.896. The Hall–Kier alpha value is -0.610. The zero-order valence-electron chi connectivity index (χ0n) is 8.89. The van der Waals surface area contributed by atoms with Crippen LogP contribution in [0.1, 0.15) is 18.5 Å². The van der Waals surface area contributed by atoms with Gasteiger partial charge in [-0.2, -0.15) is 0 Å². The van der Waals surface area contributed by atoms with Gasteiger partial charge in [-0.3, -0.25) is 0 Å². The van der Waals surface area contributed by atoms with Gasteiger partial charge in [0.2, 0.25) is 0 Å². The second-order valence-electron chi connectivity index (χ2n) is 3.95. The van der Waals surface area contributed by atoms with E-state index < -0.39 is 0 Å². The van der Waals surface area contributed by atoms with Crippen molar-refractivity contribution in [2.24, 2.45) is 0 Å². The van der Waals surface area contributed by atoms with E-state index in [1.807, 2.05) is 13.0 Å². The number of hydrogen-bond acceptors (Lipinski definition) is 3. The van der Waals surface area contributed by atoms with E-state index in [2.05, 4.69) is 37.6 Å². The van der Waals surface area contributed by atoms with Crippen molar-refractivity contribution < 1.29 is 0 Å². The van der Waals surface area contributed by atoms with Crippen molar-refractivity contribution in [1.29, 1.82) is 0 Å². The Bertz CT molecular complexity index is 335. The van der Waals surface area contributed by atoms with E-state index in [-0.39, 0.29) is 0 Å². The van der Waals surface area contributed by atoms with Crippen molar-refractivity contribution in [2.75, 3.05) is 18.4 Å². The molecule has 1 fully saturated rings. The average molecular weight is 270 g/mol. The van der Waals surface area contributed by atoms with Gasteiger partial charge in [-0.25, -0.2) is 4.98 Å². The summed E-state index contributed by atoms with van der Waals surface area (Å²) in [7, 11) is 0. The normalized spacial score (nSPS) is 21.3. The number of halogens is 1. The van der Waals surface area contributed by atoms with Crippen molar-refractivity contribution in [3.8, 4) is 0 Å². The number of piperidine rings is 1. The molecule has 0 aliphatic carbocycles. The Morgan fingerprint density at radius 3 is 3.07 bits per heavy atom. The lowest BCUT2D eigenvalue weighted by Crippen LogP contribution is -2.38. The van der Waals surface area contributed by atoms with Crippen LogP contribution in [0.2, 0.25) is 0 Å². The number of anilines is 1. The Balaban J connectivity index is 2.03. The Labute approximate surface area is 98.8 Å². The molecule has 1 aromatic heterocycles. The fourth-order valence-electron chi connectivity index (χ4n) is 1.88. The molecule has 1 saturated heterocycles. The zero-order chi connectivity index (χ0) is 10.7. The van der Waals surface area contributed by atoms with Crippen molar-refractivity contribution in [1.82, 2.24) is 10.3 Å². The van der Waals surface area contributed by atoms with Crippen LogP contribution in [0.3, 0.4) is 0 Å². The number of hydrogen-bond donors (Lipinski definition) is 2. The van der Waals surface area contributed by atoms with Gasteiger partial charge in [0.25, 0.3) is 0 Å². The first-order chi connectivity index (χ1) is 7.25. The highest BCUT2D eigenvalue weighted by Gasteiger charge is 2.13. The number of aryl methyl sites for hydroxylation is 1. The molecule has 1 aliphatic rings. The molecule has 1 aliphatic heterocycles. The number of nitrogens with zero attached hydrogens (tertiary/aromatic N) is 1. The molecule has 2 N–H and O–H groups in total. The summed E-state index contributed by atoms with van der Waals surface area (Å²) in [5.74, 6) is 0. The van der Waals surface area contributed by atoms with E-state index in [9.17, 15) is 0 Å². The highest BCUT2D eigenvalue weighted by Crippen LogP contribution is 2.18. The summed E-state index contributed by atoms with van der Waals surface area (Å²) in [6.45, 7) is 4.23. The largest absolute Gasteiger partial charge is 0.380 e. The third-order valence-electron chi connectivity index (χ3n) is 2.71. The number of pyridine rings is 1. The minimum absolute atomic E-state index is 0.542. The molecular weight excluding hydrogens is 254 g/mol. The lowest BCUT2D eigenvalue weighted by Gasteiger charge is -2.25. The summed E-state index contributed by atoms with van der Waals surface area (Å²) in [6, 6.07) is 4.60. The van der Waals surface area contributed by atoms with Gasteiger partial charge in [0, 0.05) is 12.6 Å². The maximum absolute atomic E-state index is 4.37. The molecule has 0 aromatic carbocycles. The Kier molecular flexibility index (Phi) is 3.59. The van der Waals surface area contributed by atoms with Crippen LogP contribution in [0.25, 0.3) is 0 Å². The van der Waals surface area contributed by atoms with E-state index in [0.717, 1.165) is 29.1 Å². The Morgan fingerprint density at radius 2 is 2.40 bits per heavy atom. The molecule has 2 rings (SSSR count). The molecule has 1 unspecified atom stereocenters. The van der Waals surface area contributed by atoms with Crippen LogP contribution in [0, 0.1) is 6.92 Å². The molecule has 1 atom stereocenters. The molecule has 1 aromatic rings. The van der Waals surface area contributed by atoms with Gasteiger partial charge in [-0.15, -0.1) is 0 Å². The molecule has 2 heterocycles. The summed E-state index contributed by atoms with van der Waals surface area (Å²) >= 11 is 3.37. The van der Waals surface area contributed by atoms with Crippen LogP contribution in [0.5, 0.6) is 0 Å². The van der Waals surface area contributed by atoms with Crippen LogP contribution >= 0.6 is 15.9 Å². The lowest BCUT2D eigenvalue weighted by molar-refractivity contribution is 0.479. The summed E-state index contributed by atoms with van der Waals surface area (Å²) in [6.07, 6.45) is 2.49. The third kappa shape index (κ3) is 2.92. The molecule has 0 saturated carbocycles. The lowest BCUT2D eigenvalue weighted by atomic mass is 10.1. The molecule has 0 amide bonds. The van der Waals surface area contributed by atoms with Crippen LogP contribution in [0.15, 0.2) is 16.7 Å². The van der Waals surface area contributed by atoms with Gasteiger partial charge in [-0.05, 0) is 54.4 Å². The van der Waals surface area contributed by atoms with Crippen LogP contribution in [0.4, 0.5) is 5.69 Å². The van der Waals surface area contributed by atoms with Gasteiger partial charge in [0.15, 0.2) is 0 Å². The van der Waals surface area contributed by atoms with E-state index in [4.69, 9.17) is 0 Å². The highest BCUT2D eigenvalue weighted by atomic mass is 79.9. The monoisotopic (exact) mass is 269 g/mol. The Morgan fingerprint density at radius 1 is 1.53 bits per heavy atom. The molecular formula is C11H16BrN3. The van der Waals surface area contributed by atoms with Crippen molar-refractivity contribution in [3.05, 3.63) is 22.4 Å². The molecule has 3 nitrogen and oxygen atoms in total. The van der Waals surface area contributed by atoms with Gasteiger partial charge >= 0.3 is 0 Å².